The van der Waals surface area contributed by atoms with E-state index >= 15 is 0 Å². The number of hydrogen-bond acceptors (Lipinski definition) is 3. The first-order valence-electron chi connectivity index (χ1n) is 4.89. The van der Waals surface area contributed by atoms with Crippen LogP contribution >= 0.6 is 0 Å². The fourth-order valence-electron chi connectivity index (χ4n) is 1.90. The maximum atomic E-state index is 10.9. The van der Waals surface area contributed by atoms with Crippen molar-refractivity contribution >= 4 is 28.2 Å². The number of benzene rings is 2. The van der Waals surface area contributed by atoms with Crippen LogP contribution in [0.4, 0.5) is 0 Å². The van der Waals surface area contributed by atoms with Gasteiger partial charge in [0, 0.05) is 10.8 Å². The lowest BCUT2D eigenvalue weighted by molar-refractivity contribution is 0.112. The molecule has 0 saturated carbocycles. The third-order valence-corrected chi connectivity index (χ3v) is 2.64. The van der Waals surface area contributed by atoms with Gasteiger partial charge in [-0.1, -0.05) is 12.1 Å². The molecule has 0 saturated heterocycles. The van der Waals surface area contributed by atoms with Crippen molar-refractivity contribution in [1.29, 1.82) is 0 Å². The lowest BCUT2D eigenvalue weighted by Gasteiger charge is -1.91. The molecule has 1 aromatic heterocycles. The molecule has 1 N–H and O–H groups in total. The number of furan rings is 1. The molecule has 0 bridgehead atoms. The predicted molar refractivity (Wildman–Crippen MR) is 60.8 cm³/mol. The first-order valence-corrected chi connectivity index (χ1v) is 4.89. The molecule has 0 fully saturated rings. The molecule has 0 aliphatic heterocycles. The standard InChI is InChI=1S/C13H8O3/c14-7-8-2-1-3-10-11-6-9(15)4-5-12(11)16-13(8)10/h1-7,15H. The van der Waals surface area contributed by atoms with Gasteiger partial charge in [-0.15, -0.1) is 0 Å². The van der Waals surface area contributed by atoms with Crippen LogP contribution < -0.4 is 0 Å². The zero-order chi connectivity index (χ0) is 11.1. The number of phenolic OH excluding ortho intramolecular Hbond substituents is 1. The van der Waals surface area contributed by atoms with E-state index in [0.717, 1.165) is 17.1 Å². The van der Waals surface area contributed by atoms with Crippen molar-refractivity contribution in [2.45, 2.75) is 0 Å². The lowest BCUT2D eigenvalue weighted by Crippen LogP contribution is -1.78. The largest absolute Gasteiger partial charge is 0.508 e. The molecule has 0 aliphatic carbocycles. The summed E-state index contributed by atoms with van der Waals surface area (Å²) in [6.07, 6.45) is 0.768. The van der Waals surface area contributed by atoms with Gasteiger partial charge in [0.25, 0.3) is 0 Å². The van der Waals surface area contributed by atoms with Crippen molar-refractivity contribution in [2.75, 3.05) is 0 Å². The fraction of sp³-hybridized carbons (Fsp3) is 0. The van der Waals surface area contributed by atoms with Crippen LogP contribution in [0.15, 0.2) is 40.8 Å². The number of carbonyl (C=O) groups excluding carboxylic acids is 1. The molecule has 3 nitrogen and oxygen atoms in total. The summed E-state index contributed by atoms with van der Waals surface area (Å²) in [4.78, 5) is 10.9. The van der Waals surface area contributed by atoms with Gasteiger partial charge in [-0.05, 0) is 24.3 Å². The average molecular weight is 212 g/mol. The summed E-state index contributed by atoms with van der Waals surface area (Å²) < 4.78 is 5.59. The Labute approximate surface area is 90.9 Å². The Bertz CT molecular complexity index is 695. The van der Waals surface area contributed by atoms with E-state index in [1.165, 1.54) is 0 Å². The number of aldehydes is 1. The Morgan fingerprint density at radius 1 is 1.12 bits per heavy atom. The van der Waals surface area contributed by atoms with E-state index in [9.17, 15) is 9.90 Å². The summed E-state index contributed by atoms with van der Waals surface area (Å²) in [7, 11) is 0. The Morgan fingerprint density at radius 2 is 2.00 bits per heavy atom. The molecule has 0 radical (unpaired) electrons. The third kappa shape index (κ3) is 1.11. The van der Waals surface area contributed by atoms with Crippen molar-refractivity contribution in [3.05, 3.63) is 42.0 Å². The van der Waals surface area contributed by atoms with Gasteiger partial charge >= 0.3 is 0 Å². The molecule has 3 heteroatoms. The van der Waals surface area contributed by atoms with Crippen molar-refractivity contribution in [1.82, 2.24) is 0 Å². The molecule has 0 unspecified atom stereocenters. The Hall–Kier alpha value is -2.29. The van der Waals surface area contributed by atoms with Crippen molar-refractivity contribution in [3.8, 4) is 5.75 Å². The van der Waals surface area contributed by atoms with Gasteiger partial charge < -0.3 is 9.52 Å². The molecular formula is C13H8O3. The number of para-hydroxylation sites is 1. The number of aromatic hydroxyl groups is 1. The van der Waals surface area contributed by atoms with Crippen LogP contribution in [0.5, 0.6) is 5.75 Å². The van der Waals surface area contributed by atoms with Crippen LogP contribution in [0.25, 0.3) is 21.9 Å². The predicted octanol–water partition coefficient (Wildman–Crippen LogP) is 3.10. The van der Waals surface area contributed by atoms with Crippen LogP contribution in [0.1, 0.15) is 10.4 Å². The highest BCUT2D eigenvalue weighted by Crippen LogP contribution is 2.32. The minimum absolute atomic E-state index is 0.187. The lowest BCUT2D eigenvalue weighted by atomic mass is 10.1. The molecule has 0 amide bonds. The van der Waals surface area contributed by atoms with Gasteiger partial charge in [0.15, 0.2) is 6.29 Å². The second-order valence-electron chi connectivity index (χ2n) is 3.62. The number of rotatable bonds is 1. The van der Waals surface area contributed by atoms with E-state index in [-0.39, 0.29) is 5.75 Å². The smallest absolute Gasteiger partial charge is 0.153 e. The van der Waals surface area contributed by atoms with Crippen LogP contribution in [-0.4, -0.2) is 11.4 Å². The van der Waals surface area contributed by atoms with Crippen LogP contribution in [0, 0.1) is 0 Å². The van der Waals surface area contributed by atoms with E-state index in [2.05, 4.69) is 0 Å². The van der Waals surface area contributed by atoms with Gasteiger partial charge in [-0.25, -0.2) is 0 Å². The Morgan fingerprint density at radius 3 is 2.81 bits per heavy atom. The van der Waals surface area contributed by atoms with E-state index in [1.807, 2.05) is 6.07 Å². The maximum Gasteiger partial charge on any atom is 0.153 e. The zero-order valence-electron chi connectivity index (χ0n) is 8.31. The minimum atomic E-state index is 0.187. The first-order chi connectivity index (χ1) is 7.79. The van der Waals surface area contributed by atoms with Crippen molar-refractivity contribution < 1.29 is 14.3 Å². The molecule has 0 atom stereocenters. The third-order valence-electron chi connectivity index (χ3n) is 2.64. The van der Waals surface area contributed by atoms with Gasteiger partial charge in [-0.3, -0.25) is 4.79 Å². The normalized spacial score (nSPS) is 11.0. The van der Waals surface area contributed by atoms with Crippen LogP contribution in [-0.2, 0) is 0 Å². The summed E-state index contributed by atoms with van der Waals surface area (Å²) in [5.74, 6) is 0.187. The molecule has 78 valence electrons. The summed E-state index contributed by atoms with van der Waals surface area (Å²) in [6.45, 7) is 0. The van der Waals surface area contributed by atoms with Crippen LogP contribution in [0.2, 0.25) is 0 Å². The van der Waals surface area contributed by atoms with Crippen molar-refractivity contribution in [2.24, 2.45) is 0 Å². The molecule has 3 rings (SSSR count). The summed E-state index contributed by atoms with van der Waals surface area (Å²) in [5, 5.41) is 11.1. The molecule has 3 aromatic rings. The van der Waals surface area contributed by atoms with E-state index in [1.54, 1.807) is 30.3 Å². The number of hydrogen-bond donors (Lipinski definition) is 1. The molecule has 16 heavy (non-hydrogen) atoms. The molecule has 0 aliphatic rings. The highest BCUT2D eigenvalue weighted by molar-refractivity contribution is 6.09. The summed E-state index contributed by atoms with van der Waals surface area (Å²) >= 11 is 0. The molecule has 1 heterocycles. The highest BCUT2D eigenvalue weighted by atomic mass is 16.3. The first kappa shape index (κ1) is 8.97. The van der Waals surface area contributed by atoms with Gasteiger partial charge in [0.05, 0.1) is 5.56 Å². The minimum Gasteiger partial charge on any atom is -0.508 e. The maximum absolute atomic E-state index is 10.9. The van der Waals surface area contributed by atoms with Gasteiger partial charge in [0.2, 0.25) is 0 Å². The topological polar surface area (TPSA) is 50.4 Å². The highest BCUT2D eigenvalue weighted by Gasteiger charge is 2.10. The van der Waals surface area contributed by atoms with Crippen molar-refractivity contribution in [3.63, 3.8) is 0 Å². The monoisotopic (exact) mass is 212 g/mol. The Kier molecular flexibility index (Phi) is 1.74. The second kappa shape index (κ2) is 3.10. The van der Waals surface area contributed by atoms with E-state index in [0.29, 0.717) is 16.7 Å². The van der Waals surface area contributed by atoms with Crippen LogP contribution in [0.3, 0.4) is 0 Å². The quantitative estimate of drug-likeness (QED) is 0.630. The van der Waals surface area contributed by atoms with Gasteiger partial charge in [-0.2, -0.15) is 0 Å². The second-order valence-corrected chi connectivity index (χ2v) is 3.62. The molecular weight excluding hydrogens is 204 g/mol. The fourth-order valence-corrected chi connectivity index (χ4v) is 1.90. The summed E-state index contributed by atoms with van der Waals surface area (Å²) in [6, 6.07) is 10.3. The number of carbonyl (C=O) groups is 1. The zero-order valence-corrected chi connectivity index (χ0v) is 8.31. The number of fused-ring (bicyclic) bond motifs is 3. The van der Waals surface area contributed by atoms with Gasteiger partial charge in [0.1, 0.15) is 16.9 Å². The average Bonchev–Trinajstić information content (AvgIpc) is 2.67. The summed E-state index contributed by atoms with van der Waals surface area (Å²) in [5.41, 5.74) is 1.76. The van der Waals surface area contributed by atoms with E-state index in [4.69, 9.17) is 4.42 Å². The molecule has 0 spiro atoms. The molecule has 2 aromatic carbocycles. The number of phenols is 1. The SMILES string of the molecule is O=Cc1cccc2c1oc1ccc(O)cc12. The van der Waals surface area contributed by atoms with E-state index < -0.39 is 0 Å². The Balaban J connectivity index is 2.55.